The van der Waals surface area contributed by atoms with E-state index in [1.54, 1.807) is 77.0 Å². The number of rotatable bonds is 4. The summed E-state index contributed by atoms with van der Waals surface area (Å²) in [4.78, 5) is 6.16. The first-order valence-electron chi connectivity index (χ1n) is 14.9. The summed E-state index contributed by atoms with van der Waals surface area (Å²) in [6, 6.07) is 1.51. The molecule has 0 amide bonds. The lowest BCUT2D eigenvalue weighted by atomic mass is 9.52. The molecule has 2 nitrogen and oxygen atoms in total. The Balaban J connectivity index is 1.02. The molecule has 2 atom stereocenters. The molecule has 0 aromatic rings. The monoisotopic (exact) mass is 434 g/mol. The highest BCUT2D eigenvalue weighted by molar-refractivity contribution is 5.16. The van der Waals surface area contributed by atoms with Gasteiger partial charge in [-0.25, -0.2) is 0 Å². The summed E-state index contributed by atoms with van der Waals surface area (Å²) < 4.78 is 0. The van der Waals surface area contributed by atoms with Crippen LogP contribution in [0.5, 0.6) is 0 Å². The summed E-state index contributed by atoms with van der Waals surface area (Å²) in [5.41, 5.74) is 1.21. The van der Waals surface area contributed by atoms with E-state index in [0.29, 0.717) is 11.1 Å². The molecule has 2 heterocycles. The highest BCUT2D eigenvalue weighted by Gasteiger charge is 2.56. The third kappa shape index (κ3) is 2.96. The summed E-state index contributed by atoms with van der Waals surface area (Å²) in [7, 11) is 0. The van der Waals surface area contributed by atoms with Gasteiger partial charge in [0.15, 0.2) is 0 Å². The molecule has 0 aromatic carbocycles. The summed E-state index contributed by atoms with van der Waals surface area (Å²) in [6.07, 6.45) is 30.0. The zero-order chi connectivity index (χ0) is 20.9. The van der Waals surface area contributed by atoms with Crippen molar-refractivity contribution in [2.45, 2.75) is 126 Å². The van der Waals surface area contributed by atoms with Crippen molar-refractivity contribution in [1.29, 1.82) is 0 Å². The Morgan fingerprint density at radius 2 is 0.781 bits per heavy atom. The lowest BCUT2D eigenvalue weighted by Gasteiger charge is -2.61. The van der Waals surface area contributed by atoms with Gasteiger partial charge in [-0.15, -0.1) is 0 Å². The third-order valence-corrected chi connectivity index (χ3v) is 12.4. The molecule has 10 rings (SSSR count). The highest BCUT2D eigenvalue weighted by atomic mass is 15.3. The van der Waals surface area contributed by atoms with Crippen LogP contribution in [-0.2, 0) is 0 Å². The van der Waals surface area contributed by atoms with Gasteiger partial charge in [0.2, 0.25) is 0 Å². The fourth-order valence-corrected chi connectivity index (χ4v) is 12.3. The smallest absolute Gasteiger partial charge is 0.0284 e. The fraction of sp³-hybridized carbons (Fsp3) is 0.933. The van der Waals surface area contributed by atoms with Gasteiger partial charge in [0, 0.05) is 23.2 Å². The van der Waals surface area contributed by atoms with Crippen molar-refractivity contribution in [1.82, 2.24) is 9.80 Å². The molecule has 10 fully saturated rings. The first-order chi connectivity index (χ1) is 15.7. The van der Waals surface area contributed by atoms with Crippen molar-refractivity contribution in [2.24, 2.45) is 35.5 Å². The first-order valence-corrected chi connectivity index (χ1v) is 14.9. The Labute approximate surface area is 196 Å². The summed E-state index contributed by atoms with van der Waals surface area (Å²) in [5.74, 6) is 6.46. The van der Waals surface area contributed by atoms with Crippen LogP contribution >= 0.6 is 0 Å². The molecule has 10 aliphatic rings. The molecule has 0 unspecified atom stereocenters. The predicted molar refractivity (Wildman–Crippen MR) is 130 cm³/mol. The molecule has 0 spiro atoms. The van der Waals surface area contributed by atoms with Crippen LogP contribution in [0, 0.1) is 35.5 Å². The van der Waals surface area contributed by atoms with E-state index in [1.807, 2.05) is 0 Å². The maximum Gasteiger partial charge on any atom is 0.0284 e. The van der Waals surface area contributed by atoms with Gasteiger partial charge < -0.3 is 0 Å². The lowest BCUT2D eigenvalue weighted by Crippen LogP contribution is -2.61. The van der Waals surface area contributed by atoms with E-state index in [-0.39, 0.29) is 0 Å². The Morgan fingerprint density at radius 1 is 0.469 bits per heavy atom. The maximum atomic E-state index is 3.08. The standard InChI is InChI=1S/C30H46N2/c1-3-27(31(7-1)29-15-21-9-22(16-29)11-23(10-21)17-29)5-6-28-4-2-8-32(28)30-18-24-12-25(19-30)14-26(13-24)20-30/h5-6,21-28H,1-4,7-20H2/b6-5+/t21?,22?,23?,24?,25?,26?,27-,28+,29?,30?. The van der Waals surface area contributed by atoms with Crippen LogP contribution in [0.4, 0.5) is 0 Å². The molecule has 2 aliphatic heterocycles. The van der Waals surface area contributed by atoms with Crippen LogP contribution in [0.3, 0.4) is 0 Å². The van der Waals surface area contributed by atoms with E-state index in [9.17, 15) is 0 Å². The molecule has 8 saturated carbocycles. The van der Waals surface area contributed by atoms with Crippen LogP contribution < -0.4 is 0 Å². The van der Waals surface area contributed by atoms with Gasteiger partial charge >= 0.3 is 0 Å². The Bertz CT molecular complexity index is 647. The van der Waals surface area contributed by atoms with Gasteiger partial charge in [-0.1, -0.05) is 12.2 Å². The van der Waals surface area contributed by atoms with Crippen molar-refractivity contribution in [3.05, 3.63) is 12.2 Å². The summed E-state index contributed by atoms with van der Waals surface area (Å²) >= 11 is 0. The zero-order valence-corrected chi connectivity index (χ0v) is 20.4. The minimum Gasteiger partial charge on any atom is -0.291 e. The molecule has 0 radical (unpaired) electrons. The Kier molecular flexibility index (Phi) is 4.41. The predicted octanol–water partition coefficient (Wildman–Crippen LogP) is 6.41. The van der Waals surface area contributed by atoms with E-state index < -0.39 is 0 Å². The first kappa shape index (κ1) is 19.9. The quantitative estimate of drug-likeness (QED) is 0.472. The van der Waals surface area contributed by atoms with Gasteiger partial charge in [-0.05, 0) is 151 Å². The normalized spacial score (nSPS) is 56.9. The molecular weight excluding hydrogens is 388 g/mol. The van der Waals surface area contributed by atoms with Crippen molar-refractivity contribution in [2.75, 3.05) is 13.1 Å². The number of nitrogens with zero attached hydrogens (tertiary/aromatic N) is 2. The van der Waals surface area contributed by atoms with Crippen LogP contribution in [-0.4, -0.2) is 46.1 Å². The SMILES string of the molecule is C(=C\[C@H]1CCCN1C12CC3CC(CC(C3)C1)C2)/[C@@H]1CCCN1C12CC3CC(CC(C3)C1)C2. The van der Waals surface area contributed by atoms with E-state index in [2.05, 4.69) is 22.0 Å². The van der Waals surface area contributed by atoms with Gasteiger partial charge in [0.05, 0.1) is 0 Å². The van der Waals surface area contributed by atoms with Gasteiger partial charge in [0.25, 0.3) is 0 Å². The van der Waals surface area contributed by atoms with E-state index in [0.717, 1.165) is 47.6 Å². The average Bonchev–Trinajstić information content (AvgIpc) is 3.40. The Morgan fingerprint density at radius 3 is 1.09 bits per heavy atom. The highest BCUT2D eigenvalue weighted by Crippen LogP contribution is 2.60. The minimum absolute atomic E-state index is 0.607. The molecular formula is C30H46N2. The van der Waals surface area contributed by atoms with Crippen molar-refractivity contribution in [3.8, 4) is 0 Å². The lowest BCUT2D eigenvalue weighted by molar-refractivity contribution is -0.0902. The molecule has 8 bridgehead atoms. The third-order valence-electron chi connectivity index (χ3n) is 12.4. The van der Waals surface area contributed by atoms with Crippen LogP contribution in [0.25, 0.3) is 0 Å². The number of hydrogen-bond acceptors (Lipinski definition) is 2. The second-order valence-electron chi connectivity index (χ2n) is 14.5. The second kappa shape index (κ2) is 7.09. The average molecular weight is 435 g/mol. The molecule has 0 N–H and O–H groups in total. The largest absolute Gasteiger partial charge is 0.291 e. The molecule has 32 heavy (non-hydrogen) atoms. The number of likely N-dealkylation sites (tertiary alicyclic amines) is 2. The second-order valence-corrected chi connectivity index (χ2v) is 14.5. The molecule has 176 valence electrons. The van der Waals surface area contributed by atoms with Crippen molar-refractivity contribution >= 4 is 0 Å². The van der Waals surface area contributed by atoms with Crippen molar-refractivity contribution < 1.29 is 0 Å². The van der Waals surface area contributed by atoms with Gasteiger partial charge in [0.1, 0.15) is 0 Å². The zero-order valence-electron chi connectivity index (χ0n) is 20.4. The van der Waals surface area contributed by atoms with E-state index in [4.69, 9.17) is 0 Å². The topological polar surface area (TPSA) is 6.48 Å². The molecule has 2 saturated heterocycles. The summed E-state index contributed by atoms with van der Waals surface area (Å²) in [5, 5.41) is 0. The van der Waals surface area contributed by atoms with Crippen molar-refractivity contribution in [3.63, 3.8) is 0 Å². The van der Waals surface area contributed by atoms with Crippen LogP contribution in [0.2, 0.25) is 0 Å². The van der Waals surface area contributed by atoms with E-state index >= 15 is 0 Å². The maximum absolute atomic E-state index is 3.08. The molecule has 2 heteroatoms. The molecule has 8 aliphatic carbocycles. The fourth-order valence-electron chi connectivity index (χ4n) is 12.3. The van der Waals surface area contributed by atoms with Gasteiger partial charge in [-0.2, -0.15) is 0 Å². The molecule has 0 aromatic heterocycles. The number of hydrogen-bond donors (Lipinski definition) is 0. The Hall–Kier alpha value is -0.340. The van der Waals surface area contributed by atoms with Gasteiger partial charge in [-0.3, -0.25) is 9.80 Å². The summed E-state index contributed by atoms with van der Waals surface area (Å²) in [6.45, 7) is 2.79. The van der Waals surface area contributed by atoms with Crippen LogP contribution in [0.1, 0.15) is 103 Å². The minimum atomic E-state index is 0.607. The van der Waals surface area contributed by atoms with Crippen LogP contribution in [0.15, 0.2) is 12.2 Å². The van der Waals surface area contributed by atoms with E-state index in [1.165, 1.54) is 38.8 Å².